The molecule has 5 rings (SSSR count). The molecule has 1 aliphatic rings. The maximum Gasteiger partial charge on any atom is 0.267 e. The number of nitrogens with two attached hydrogens (primary N) is 1. The largest absolute Gasteiger partial charge is 0.382 e. The zero-order valence-electron chi connectivity index (χ0n) is 17.2. The number of hydrogen-bond donors (Lipinski definition) is 2. The van der Waals surface area contributed by atoms with Crippen LogP contribution in [0.1, 0.15) is 12.0 Å². The van der Waals surface area contributed by atoms with Crippen LogP contribution in [0, 0.1) is 11.8 Å². The molecule has 0 spiro atoms. The normalized spacial score (nSPS) is 18.1. The van der Waals surface area contributed by atoms with Gasteiger partial charge in [0.1, 0.15) is 17.4 Å². The monoisotopic (exact) mass is 425 g/mol. The molecule has 1 atom stereocenters. The first-order valence-electron chi connectivity index (χ1n) is 9.97. The lowest BCUT2D eigenvalue weighted by Crippen LogP contribution is -2.37. The highest BCUT2D eigenvalue weighted by atomic mass is 16.3. The van der Waals surface area contributed by atoms with Crippen LogP contribution in [-0.4, -0.2) is 59.8 Å². The Labute approximate surface area is 183 Å². The summed E-state index contributed by atoms with van der Waals surface area (Å²) < 4.78 is 1.70. The third-order valence-electron chi connectivity index (χ3n) is 5.43. The van der Waals surface area contributed by atoms with Crippen molar-refractivity contribution in [2.45, 2.75) is 12.0 Å². The molecule has 3 aromatic heterocycles. The molecular weight excluding hydrogens is 406 g/mol. The van der Waals surface area contributed by atoms with E-state index in [9.17, 15) is 9.90 Å². The Hall–Kier alpha value is -4.29. The number of carbonyl (C=O) groups excluding carboxylic acids is 1. The van der Waals surface area contributed by atoms with Gasteiger partial charge in [0.05, 0.1) is 11.4 Å². The van der Waals surface area contributed by atoms with Crippen LogP contribution in [0.15, 0.2) is 55.1 Å². The first kappa shape index (κ1) is 19.7. The molecule has 1 aliphatic heterocycles. The molecular formula is C23H19N7O2. The Morgan fingerprint density at radius 2 is 2.06 bits per heavy atom. The fourth-order valence-corrected chi connectivity index (χ4v) is 3.68. The van der Waals surface area contributed by atoms with Crippen molar-refractivity contribution in [3.05, 3.63) is 60.7 Å². The van der Waals surface area contributed by atoms with Crippen molar-refractivity contribution >= 4 is 22.8 Å². The minimum Gasteiger partial charge on any atom is -0.382 e. The summed E-state index contributed by atoms with van der Waals surface area (Å²) in [7, 11) is 1.65. The zero-order valence-corrected chi connectivity index (χ0v) is 17.2. The van der Waals surface area contributed by atoms with Crippen LogP contribution < -0.4 is 5.73 Å². The van der Waals surface area contributed by atoms with Gasteiger partial charge >= 0.3 is 0 Å². The predicted octanol–water partition coefficient (Wildman–Crippen LogP) is 1.40. The summed E-state index contributed by atoms with van der Waals surface area (Å²) in [6.45, 7) is 0.477. The highest BCUT2D eigenvalue weighted by molar-refractivity contribution is 5.92. The van der Waals surface area contributed by atoms with Crippen molar-refractivity contribution in [2.75, 3.05) is 19.3 Å². The van der Waals surface area contributed by atoms with E-state index in [2.05, 4.69) is 31.9 Å². The van der Waals surface area contributed by atoms with Crippen molar-refractivity contribution in [1.29, 1.82) is 0 Å². The molecule has 0 saturated carbocycles. The number of benzene rings is 1. The molecule has 1 fully saturated rings. The smallest absolute Gasteiger partial charge is 0.267 e. The molecule has 1 unspecified atom stereocenters. The Bertz CT molecular complexity index is 1410. The minimum absolute atomic E-state index is 0.271. The van der Waals surface area contributed by atoms with E-state index in [0.29, 0.717) is 28.8 Å². The fourth-order valence-electron chi connectivity index (χ4n) is 3.68. The maximum absolute atomic E-state index is 12.2. The summed E-state index contributed by atoms with van der Waals surface area (Å²) in [5.74, 6) is 5.57. The number of aromatic nitrogens is 5. The summed E-state index contributed by atoms with van der Waals surface area (Å²) in [6.07, 6.45) is 5.18. The van der Waals surface area contributed by atoms with E-state index >= 15 is 0 Å². The maximum atomic E-state index is 12.2. The van der Waals surface area contributed by atoms with Gasteiger partial charge in [-0.2, -0.15) is 5.10 Å². The van der Waals surface area contributed by atoms with Gasteiger partial charge in [0.2, 0.25) is 5.60 Å². The van der Waals surface area contributed by atoms with Gasteiger partial charge in [-0.3, -0.25) is 4.79 Å². The quantitative estimate of drug-likeness (QED) is 0.466. The number of rotatable bonds is 2. The molecule has 9 heteroatoms. The molecule has 1 saturated heterocycles. The first-order valence-corrected chi connectivity index (χ1v) is 9.97. The van der Waals surface area contributed by atoms with Gasteiger partial charge in [-0.15, -0.1) is 0 Å². The molecule has 158 valence electrons. The number of fused-ring (bicyclic) bond motifs is 1. The predicted molar refractivity (Wildman–Crippen MR) is 118 cm³/mol. The SMILES string of the molecule is CN1CCC(O)(C#Cc2cccc(-c3cc(-n4cccn4)c4ncnc(N)c4n3)c2)C1=O. The van der Waals surface area contributed by atoms with E-state index in [1.54, 1.807) is 17.9 Å². The highest BCUT2D eigenvalue weighted by Gasteiger charge is 2.42. The summed E-state index contributed by atoms with van der Waals surface area (Å²) in [5, 5.41) is 14.9. The summed E-state index contributed by atoms with van der Waals surface area (Å²) in [6, 6.07) is 11.1. The molecule has 1 aromatic carbocycles. The van der Waals surface area contributed by atoms with Crippen molar-refractivity contribution in [3.63, 3.8) is 0 Å². The average Bonchev–Trinajstić information content (AvgIpc) is 3.43. The standard InChI is InChI=1S/C23H19N7O2/c1-29-11-8-23(32,22(29)31)7-6-15-4-2-5-16(12-15)17-13-18(30-10-3-9-27-30)19-20(28-17)21(24)26-14-25-19/h2-5,9-10,12-14,32H,8,11H2,1H3,(H2,24,25,26). The van der Waals surface area contributed by atoms with Crippen LogP contribution in [0.2, 0.25) is 0 Å². The van der Waals surface area contributed by atoms with Gasteiger partial charge in [-0.1, -0.05) is 24.0 Å². The van der Waals surface area contributed by atoms with Gasteiger partial charge in [0.15, 0.2) is 5.82 Å². The Morgan fingerprint density at radius 3 is 2.81 bits per heavy atom. The van der Waals surface area contributed by atoms with Crippen molar-refractivity contribution in [3.8, 4) is 28.8 Å². The third-order valence-corrected chi connectivity index (χ3v) is 5.43. The molecule has 0 aliphatic carbocycles. The Balaban J connectivity index is 1.60. The summed E-state index contributed by atoms with van der Waals surface area (Å²) >= 11 is 0. The van der Waals surface area contributed by atoms with E-state index in [1.807, 2.05) is 42.6 Å². The number of pyridine rings is 1. The Kier molecular flexibility index (Phi) is 4.57. The number of hydrogen-bond acceptors (Lipinski definition) is 7. The third kappa shape index (κ3) is 3.33. The number of nitrogens with zero attached hydrogens (tertiary/aromatic N) is 6. The fraction of sp³-hybridized carbons (Fsp3) is 0.174. The van der Waals surface area contributed by atoms with Crippen molar-refractivity contribution in [1.82, 2.24) is 29.6 Å². The second-order valence-electron chi connectivity index (χ2n) is 7.60. The molecule has 0 radical (unpaired) electrons. The molecule has 9 nitrogen and oxygen atoms in total. The Morgan fingerprint density at radius 1 is 1.19 bits per heavy atom. The number of amides is 1. The second-order valence-corrected chi connectivity index (χ2v) is 7.60. The number of nitrogen functional groups attached to an aromatic ring is 1. The highest BCUT2D eigenvalue weighted by Crippen LogP contribution is 2.28. The van der Waals surface area contributed by atoms with Crippen molar-refractivity contribution < 1.29 is 9.90 Å². The molecule has 4 heterocycles. The number of carbonyl (C=O) groups is 1. The van der Waals surface area contributed by atoms with Crippen LogP contribution >= 0.6 is 0 Å². The number of anilines is 1. The average molecular weight is 425 g/mol. The van der Waals surface area contributed by atoms with Crippen LogP contribution in [0.4, 0.5) is 5.82 Å². The van der Waals surface area contributed by atoms with Gasteiger partial charge in [0, 0.05) is 43.5 Å². The van der Waals surface area contributed by atoms with Crippen LogP contribution in [0.3, 0.4) is 0 Å². The molecule has 32 heavy (non-hydrogen) atoms. The summed E-state index contributed by atoms with van der Waals surface area (Å²) in [5.41, 5.74) is 8.30. The van der Waals surface area contributed by atoms with Gasteiger partial charge in [-0.05, 0) is 24.3 Å². The lowest BCUT2D eigenvalue weighted by atomic mass is 10.0. The van der Waals surface area contributed by atoms with E-state index in [-0.39, 0.29) is 18.1 Å². The van der Waals surface area contributed by atoms with Crippen LogP contribution in [0.25, 0.3) is 28.0 Å². The molecule has 1 amide bonds. The van der Waals surface area contributed by atoms with Crippen LogP contribution in [0.5, 0.6) is 0 Å². The number of aliphatic hydroxyl groups is 1. The van der Waals surface area contributed by atoms with Crippen LogP contribution in [-0.2, 0) is 4.79 Å². The number of likely N-dealkylation sites (tertiary alicyclic amines) is 1. The lowest BCUT2D eigenvalue weighted by molar-refractivity contribution is -0.137. The topological polar surface area (TPSA) is 123 Å². The number of likely N-dealkylation sites (N-methyl/N-ethyl adjacent to an activating group) is 1. The van der Waals surface area contributed by atoms with Gasteiger partial charge in [0.25, 0.3) is 5.91 Å². The molecule has 4 aromatic rings. The van der Waals surface area contributed by atoms with E-state index in [4.69, 9.17) is 5.73 Å². The summed E-state index contributed by atoms with van der Waals surface area (Å²) in [4.78, 5) is 26.7. The van der Waals surface area contributed by atoms with E-state index in [0.717, 1.165) is 11.3 Å². The lowest BCUT2D eigenvalue weighted by Gasteiger charge is -2.13. The van der Waals surface area contributed by atoms with E-state index < -0.39 is 5.60 Å². The molecule has 0 bridgehead atoms. The second kappa shape index (κ2) is 7.44. The minimum atomic E-state index is -1.65. The van der Waals surface area contributed by atoms with Crippen molar-refractivity contribution in [2.24, 2.45) is 0 Å². The van der Waals surface area contributed by atoms with E-state index in [1.165, 1.54) is 11.2 Å². The molecule has 3 N–H and O–H groups in total. The van der Waals surface area contributed by atoms with Gasteiger partial charge < -0.3 is 15.7 Å². The first-order chi connectivity index (χ1) is 15.4. The zero-order chi connectivity index (χ0) is 22.3. The van der Waals surface area contributed by atoms with Gasteiger partial charge in [-0.25, -0.2) is 19.6 Å².